The first-order valence-corrected chi connectivity index (χ1v) is 15.1. The van der Waals surface area contributed by atoms with Crippen LogP contribution in [-0.4, -0.2) is 14.0 Å². The summed E-state index contributed by atoms with van der Waals surface area (Å²) in [4.78, 5) is 0.543. The van der Waals surface area contributed by atoms with Gasteiger partial charge in [-0.05, 0) is 116 Å². The highest BCUT2D eigenvalue weighted by Crippen LogP contribution is 2.28. The third-order valence-corrected chi connectivity index (χ3v) is 9.03. The molecule has 4 aromatic carbocycles. The Morgan fingerprint density at radius 1 is 0.667 bits per heavy atom. The lowest BCUT2D eigenvalue weighted by molar-refractivity contribution is 0.105. The summed E-state index contributed by atoms with van der Waals surface area (Å²) in [5.41, 5.74) is 3.35. The van der Waals surface area contributed by atoms with Crippen molar-refractivity contribution in [3.8, 4) is 17.2 Å². The maximum atomic E-state index is 13.1. The van der Waals surface area contributed by atoms with Crippen molar-refractivity contribution in [2.75, 3.05) is 0 Å². The Morgan fingerprint density at radius 2 is 1.10 bits per heavy atom. The number of hydrogen-bond donors (Lipinski definition) is 0. The molecule has 0 spiro atoms. The van der Waals surface area contributed by atoms with Crippen LogP contribution in [0.2, 0.25) is 0 Å². The summed E-state index contributed by atoms with van der Waals surface area (Å²) in [5, 5.41) is 0. The number of rotatable bonds is 11. The molecule has 0 fully saturated rings. The van der Waals surface area contributed by atoms with E-state index in [1.165, 1.54) is 11.1 Å². The van der Waals surface area contributed by atoms with Crippen molar-refractivity contribution < 1.29 is 17.9 Å². The van der Waals surface area contributed by atoms with E-state index >= 15 is 0 Å². The van der Waals surface area contributed by atoms with Gasteiger partial charge in [-0.15, -0.1) is 0 Å². The van der Waals surface area contributed by atoms with Gasteiger partial charge >= 0.3 is 0 Å². The molecule has 0 aliphatic carbocycles. The van der Waals surface area contributed by atoms with E-state index in [4.69, 9.17) is 9.47 Å². The molecule has 204 valence electrons. The lowest BCUT2D eigenvalue weighted by atomic mass is 9.99. The van der Waals surface area contributed by atoms with Crippen molar-refractivity contribution in [3.63, 3.8) is 0 Å². The Labute approximate surface area is 233 Å². The van der Waals surface area contributed by atoms with E-state index in [1.54, 1.807) is 36.4 Å². The molecule has 0 heterocycles. The van der Waals surface area contributed by atoms with Gasteiger partial charge in [0.2, 0.25) is 9.84 Å². The van der Waals surface area contributed by atoms with Gasteiger partial charge in [-0.1, -0.05) is 57.2 Å². The molecule has 1 unspecified atom stereocenters. The average Bonchev–Trinajstić information content (AvgIpc) is 2.95. The molecule has 0 aliphatic heterocycles. The van der Waals surface area contributed by atoms with E-state index in [2.05, 4.69) is 46.8 Å². The standard InChI is InChI=1S/C34H38O4S/c1-6-25(3)28-12-20-32(21-13-28)39(35,36)33-22-18-30(19-23-33)37-29-14-8-26(9-15-29)24-27-10-16-31(17-11-27)38-34(4,5)7-2/h8-23,25H,6-7,24H2,1-5H3. The van der Waals surface area contributed by atoms with Crippen LogP contribution in [0.25, 0.3) is 0 Å². The average molecular weight is 543 g/mol. The molecule has 0 saturated heterocycles. The molecule has 0 aliphatic rings. The second-order valence-corrected chi connectivity index (χ2v) is 12.6. The van der Waals surface area contributed by atoms with Crippen molar-refractivity contribution in [2.45, 2.75) is 75.2 Å². The first-order chi connectivity index (χ1) is 18.6. The van der Waals surface area contributed by atoms with Gasteiger partial charge in [0.05, 0.1) is 9.79 Å². The van der Waals surface area contributed by atoms with E-state index < -0.39 is 9.84 Å². The molecule has 4 nitrogen and oxygen atoms in total. The zero-order chi connectivity index (χ0) is 28.0. The maximum Gasteiger partial charge on any atom is 0.206 e. The second kappa shape index (κ2) is 12.1. The quantitative estimate of drug-likeness (QED) is 0.190. The van der Waals surface area contributed by atoms with Crippen LogP contribution in [0.5, 0.6) is 17.2 Å². The molecule has 0 radical (unpaired) electrons. The van der Waals surface area contributed by atoms with Crippen molar-refractivity contribution in [1.82, 2.24) is 0 Å². The number of ether oxygens (including phenoxy) is 2. The first kappa shape index (κ1) is 28.4. The Balaban J connectivity index is 1.37. The molecule has 1 atom stereocenters. The predicted octanol–water partition coefficient (Wildman–Crippen LogP) is 8.98. The fraction of sp³-hybridized carbons (Fsp3) is 0.294. The summed E-state index contributed by atoms with van der Waals surface area (Å²) in [7, 11) is -3.59. The van der Waals surface area contributed by atoms with Crippen LogP contribution in [0.1, 0.15) is 70.1 Å². The van der Waals surface area contributed by atoms with Gasteiger partial charge in [0.1, 0.15) is 22.8 Å². The van der Waals surface area contributed by atoms with Gasteiger partial charge < -0.3 is 9.47 Å². The highest BCUT2D eigenvalue weighted by Gasteiger charge is 2.18. The molecule has 0 saturated carbocycles. The SMILES string of the molecule is CCC(C)c1ccc(S(=O)(=O)c2ccc(Oc3ccc(Cc4ccc(OC(C)(C)CC)cc4)cc3)cc2)cc1. The molecule has 4 rings (SSSR count). The summed E-state index contributed by atoms with van der Waals surface area (Å²) in [6, 6.07) is 30.0. The lowest BCUT2D eigenvalue weighted by Gasteiger charge is -2.24. The minimum Gasteiger partial charge on any atom is -0.488 e. The van der Waals surface area contributed by atoms with Crippen LogP contribution in [0, 0.1) is 0 Å². The van der Waals surface area contributed by atoms with Crippen LogP contribution < -0.4 is 9.47 Å². The summed E-state index contributed by atoms with van der Waals surface area (Å²) in [6.07, 6.45) is 2.76. The van der Waals surface area contributed by atoms with Crippen molar-refractivity contribution in [1.29, 1.82) is 0 Å². The smallest absolute Gasteiger partial charge is 0.206 e. The minimum atomic E-state index is -3.59. The highest BCUT2D eigenvalue weighted by molar-refractivity contribution is 7.91. The van der Waals surface area contributed by atoms with Crippen LogP contribution >= 0.6 is 0 Å². The van der Waals surface area contributed by atoms with Crippen molar-refractivity contribution >= 4 is 9.84 Å². The first-order valence-electron chi connectivity index (χ1n) is 13.6. The van der Waals surface area contributed by atoms with Gasteiger partial charge in [0.15, 0.2) is 0 Å². The molecule has 5 heteroatoms. The van der Waals surface area contributed by atoms with E-state index in [1.807, 2.05) is 48.5 Å². The van der Waals surface area contributed by atoms with Crippen LogP contribution in [0.4, 0.5) is 0 Å². The molecule has 0 bridgehead atoms. The van der Waals surface area contributed by atoms with Crippen LogP contribution in [-0.2, 0) is 16.3 Å². The molecule has 0 aromatic heterocycles. The predicted molar refractivity (Wildman–Crippen MR) is 158 cm³/mol. The highest BCUT2D eigenvalue weighted by atomic mass is 32.2. The monoisotopic (exact) mass is 542 g/mol. The fourth-order valence-electron chi connectivity index (χ4n) is 4.15. The van der Waals surface area contributed by atoms with E-state index in [0.717, 1.165) is 30.6 Å². The third-order valence-electron chi connectivity index (χ3n) is 7.24. The second-order valence-electron chi connectivity index (χ2n) is 10.6. The van der Waals surface area contributed by atoms with Gasteiger partial charge in [-0.2, -0.15) is 0 Å². The normalized spacial score (nSPS) is 12.6. The van der Waals surface area contributed by atoms with E-state index in [-0.39, 0.29) is 10.5 Å². The maximum absolute atomic E-state index is 13.1. The topological polar surface area (TPSA) is 52.6 Å². The fourth-order valence-corrected chi connectivity index (χ4v) is 5.41. The molecular formula is C34H38O4S. The summed E-state index contributed by atoms with van der Waals surface area (Å²) in [5.74, 6) is 2.56. The largest absolute Gasteiger partial charge is 0.488 e. The summed E-state index contributed by atoms with van der Waals surface area (Å²) < 4.78 is 38.2. The van der Waals surface area contributed by atoms with Gasteiger partial charge in [-0.25, -0.2) is 8.42 Å². The van der Waals surface area contributed by atoms with Gasteiger partial charge in [0.25, 0.3) is 0 Å². The minimum absolute atomic E-state index is 0.175. The summed E-state index contributed by atoms with van der Waals surface area (Å²) >= 11 is 0. The van der Waals surface area contributed by atoms with E-state index in [0.29, 0.717) is 22.3 Å². The van der Waals surface area contributed by atoms with Crippen LogP contribution in [0.3, 0.4) is 0 Å². The number of hydrogen-bond acceptors (Lipinski definition) is 4. The molecule has 4 aromatic rings. The zero-order valence-electron chi connectivity index (χ0n) is 23.5. The number of sulfone groups is 1. The number of benzene rings is 4. The molecule has 39 heavy (non-hydrogen) atoms. The molecule has 0 N–H and O–H groups in total. The van der Waals surface area contributed by atoms with Crippen molar-refractivity contribution in [3.05, 3.63) is 114 Å². The van der Waals surface area contributed by atoms with Gasteiger partial charge in [-0.3, -0.25) is 0 Å². The molecule has 0 amide bonds. The van der Waals surface area contributed by atoms with Crippen molar-refractivity contribution in [2.24, 2.45) is 0 Å². The van der Waals surface area contributed by atoms with Crippen LogP contribution in [0.15, 0.2) is 107 Å². The summed E-state index contributed by atoms with van der Waals surface area (Å²) in [6.45, 7) is 10.6. The molecular weight excluding hydrogens is 504 g/mol. The Hall–Kier alpha value is -3.57. The lowest BCUT2D eigenvalue weighted by Crippen LogP contribution is -2.26. The van der Waals surface area contributed by atoms with Gasteiger partial charge in [0, 0.05) is 0 Å². The Kier molecular flexibility index (Phi) is 8.81. The van der Waals surface area contributed by atoms with E-state index in [9.17, 15) is 8.42 Å². The third kappa shape index (κ3) is 7.30. The Morgan fingerprint density at radius 3 is 1.56 bits per heavy atom. The Bertz CT molecular complexity index is 1450. The zero-order valence-corrected chi connectivity index (χ0v) is 24.3.